The Morgan fingerprint density at radius 3 is 2.95 bits per heavy atom. The number of nitrogens with zero attached hydrogens (tertiary/aromatic N) is 3. The summed E-state index contributed by atoms with van der Waals surface area (Å²) >= 11 is 0. The van der Waals surface area contributed by atoms with Gasteiger partial charge in [-0.2, -0.15) is 5.10 Å². The van der Waals surface area contributed by atoms with E-state index >= 15 is 0 Å². The predicted molar refractivity (Wildman–Crippen MR) is 74.9 cm³/mol. The van der Waals surface area contributed by atoms with Gasteiger partial charge in [-0.05, 0) is 25.1 Å². The molecule has 4 nitrogen and oxygen atoms in total. The van der Waals surface area contributed by atoms with Gasteiger partial charge in [-0.15, -0.1) is 0 Å². The average Bonchev–Trinajstić information content (AvgIpc) is 2.90. The van der Waals surface area contributed by atoms with Gasteiger partial charge in [-0.25, -0.2) is 8.91 Å². The lowest BCUT2D eigenvalue weighted by molar-refractivity contribution is 0.556. The van der Waals surface area contributed by atoms with E-state index in [1.54, 1.807) is 35.4 Å². The molecule has 3 rings (SSSR count). The highest BCUT2D eigenvalue weighted by Crippen LogP contribution is 2.23. The monoisotopic (exact) mass is 270 g/mol. The number of nitrogens with one attached hydrogen (secondary N) is 1. The quantitative estimate of drug-likeness (QED) is 0.791. The molecule has 2 heterocycles. The van der Waals surface area contributed by atoms with Crippen molar-refractivity contribution in [1.82, 2.24) is 19.9 Å². The number of halogens is 1. The summed E-state index contributed by atoms with van der Waals surface area (Å²) in [6, 6.07) is 6.84. The van der Waals surface area contributed by atoms with Crippen LogP contribution in [-0.2, 0) is 6.42 Å². The highest BCUT2D eigenvalue weighted by Gasteiger charge is 2.16. The van der Waals surface area contributed by atoms with E-state index in [-0.39, 0.29) is 11.9 Å². The van der Waals surface area contributed by atoms with Gasteiger partial charge in [0.15, 0.2) is 0 Å². The van der Waals surface area contributed by atoms with Crippen molar-refractivity contribution >= 4 is 5.52 Å². The van der Waals surface area contributed by atoms with Crippen LogP contribution in [0.5, 0.6) is 0 Å². The maximum absolute atomic E-state index is 13.8. The van der Waals surface area contributed by atoms with Crippen molar-refractivity contribution in [1.29, 1.82) is 0 Å². The van der Waals surface area contributed by atoms with E-state index < -0.39 is 0 Å². The number of benzene rings is 1. The molecular formula is C15H15FN4. The largest absolute Gasteiger partial charge is 0.313 e. The Labute approximate surface area is 116 Å². The minimum atomic E-state index is -0.178. The van der Waals surface area contributed by atoms with Crippen LogP contribution in [0.25, 0.3) is 5.52 Å². The predicted octanol–water partition coefficient (Wildman–Crippen LogP) is 2.37. The molecule has 0 aliphatic rings. The van der Waals surface area contributed by atoms with Gasteiger partial charge in [0.05, 0.1) is 17.9 Å². The van der Waals surface area contributed by atoms with Crippen LogP contribution in [0.3, 0.4) is 0 Å². The first-order valence-corrected chi connectivity index (χ1v) is 6.47. The number of fused-ring (bicyclic) bond motifs is 1. The van der Waals surface area contributed by atoms with Crippen molar-refractivity contribution in [3.8, 4) is 0 Å². The molecule has 0 spiro atoms. The minimum absolute atomic E-state index is 0.00593. The number of aromatic nitrogens is 3. The van der Waals surface area contributed by atoms with Crippen LogP contribution < -0.4 is 5.32 Å². The highest BCUT2D eigenvalue weighted by molar-refractivity contribution is 5.53. The van der Waals surface area contributed by atoms with Crippen molar-refractivity contribution in [2.75, 3.05) is 7.05 Å². The molecular weight excluding hydrogens is 255 g/mol. The zero-order valence-corrected chi connectivity index (χ0v) is 11.1. The van der Waals surface area contributed by atoms with E-state index in [1.807, 2.05) is 19.2 Å². The lowest BCUT2D eigenvalue weighted by atomic mass is 10.00. The molecule has 102 valence electrons. The van der Waals surface area contributed by atoms with Crippen molar-refractivity contribution in [3.63, 3.8) is 0 Å². The number of rotatable bonds is 4. The molecule has 1 unspecified atom stereocenters. The Bertz CT molecular complexity index is 722. The Morgan fingerprint density at radius 1 is 1.30 bits per heavy atom. The van der Waals surface area contributed by atoms with E-state index in [1.165, 1.54) is 6.07 Å². The molecule has 0 amide bonds. The molecule has 20 heavy (non-hydrogen) atoms. The average molecular weight is 270 g/mol. The summed E-state index contributed by atoms with van der Waals surface area (Å²) in [6.45, 7) is 0. The van der Waals surface area contributed by atoms with Gasteiger partial charge in [0.1, 0.15) is 5.82 Å². The van der Waals surface area contributed by atoms with Crippen molar-refractivity contribution < 1.29 is 4.39 Å². The zero-order chi connectivity index (χ0) is 13.9. The van der Waals surface area contributed by atoms with Gasteiger partial charge >= 0.3 is 0 Å². The number of hydrogen-bond acceptors (Lipinski definition) is 3. The van der Waals surface area contributed by atoms with E-state index in [2.05, 4.69) is 15.4 Å². The van der Waals surface area contributed by atoms with Crippen LogP contribution in [0.2, 0.25) is 0 Å². The molecule has 0 aliphatic heterocycles. The second-order valence-corrected chi connectivity index (χ2v) is 4.64. The first-order valence-electron chi connectivity index (χ1n) is 6.47. The first kappa shape index (κ1) is 12.7. The number of hydrogen-bond donors (Lipinski definition) is 1. The van der Waals surface area contributed by atoms with E-state index in [0.29, 0.717) is 12.0 Å². The van der Waals surface area contributed by atoms with Gasteiger partial charge in [0, 0.05) is 24.0 Å². The minimum Gasteiger partial charge on any atom is -0.313 e. The van der Waals surface area contributed by atoms with Crippen LogP contribution in [0.15, 0.2) is 49.1 Å². The lowest BCUT2D eigenvalue weighted by Crippen LogP contribution is -2.19. The fourth-order valence-corrected chi connectivity index (χ4v) is 2.37. The smallest absolute Gasteiger partial charge is 0.126 e. The summed E-state index contributed by atoms with van der Waals surface area (Å²) in [6.07, 6.45) is 7.64. The highest BCUT2D eigenvalue weighted by atomic mass is 19.1. The first-order chi connectivity index (χ1) is 9.79. The second kappa shape index (κ2) is 5.38. The Hall–Kier alpha value is -2.27. The van der Waals surface area contributed by atoms with Gasteiger partial charge < -0.3 is 5.32 Å². The summed E-state index contributed by atoms with van der Waals surface area (Å²) in [7, 11) is 1.87. The summed E-state index contributed by atoms with van der Waals surface area (Å²) in [4.78, 5) is 4.12. The summed E-state index contributed by atoms with van der Waals surface area (Å²) in [5, 5.41) is 7.52. The molecule has 1 N–H and O–H groups in total. The third-order valence-corrected chi connectivity index (χ3v) is 3.46. The normalized spacial score (nSPS) is 12.7. The maximum Gasteiger partial charge on any atom is 0.126 e. The van der Waals surface area contributed by atoms with Crippen LogP contribution in [0, 0.1) is 5.82 Å². The molecule has 0 bridgehead atoms. The van der Waals surface area contributed by atoms with Gasteiger partial charge in [0.2, 0.25) is 0 Å². The second-order valence-electron chi connectivity index (χ2n) is 4.64. The summed E-state index contributed by atoms with van der Waals surface area (Å²) in [5.41, 5.74) is 2.64. The molecule has 3 aromatic rings. The Morgan fingerprint density at radius 2 is 2.15 bits per heavy atom. The molecule has 1 atom stereocenters. The molecule has 2 aromatic heterocycles. The van der Waals surface area contributed by atoms with Crippen molar-refractivity contribution in [3.05, 3.63) is 66.0 Å². The molecule has 0 saturated carbocycles. The van der Waals surface area contributed by atoms with E-state index in [9.17, 15) is 4.39 Å². The SMILES string of the molecule is CNC(Cc1ccccc1F)c1cnn2ccncc12. The van der Waals surface area contributed by atoms with Crippen LogP contribution in [-0.4, -0.2) is 21.6 Å². The zero-order valence-electron chi connectivity index (χ0n) is 11.1. The van der Waals surface area contributed by atoms with Crippen LogP contribution >= 0.6 is 0 Å². The molecule has 5 heteroatoms. The lowest BCUT2D eigenvalue weighted by Gasteiger charge is -2.15. The summed E-state index contributed by atoms with van der Waals surface area (Å²) < 4.78 is 15.6. The molecule has 1 aromatic carbocycles. The van der Waals surface area contributed by atoms with Gasteiger partial charge in [-0.1, -0.05) is 18.2 Å². The van der Waals surface area contributed by atoms with Crippen molar-refractivity contribution in [2.24, 2.45) is 0 Å². The van der Waals surface area contributed by atoms with E-state index in [4.69, 9.17) is 0 Å². The van der Waals surface area contributed by atoms with E-state index in [0.717, 1.165) is 11.1 Å². The topological polar surface area (TPSA) is 42.2 Å². The number of likely N-dealkylation sites (N-methyl/N-ethyl adjacent to an activating group) is 1. The van der Waals surface area contributed by atoms with Crippen LogP contribution in [0.4, 0.5) is 4.39 Å². The molecule has 0 fully saturated rings. The molecule has 0 saturated heterocycles. The van der Waals surface area contributed by atoms with Crippen molar-refractivity contribution in [2.45, 2.75) is 12.5 Å². The van der Waals surface area contributed by atoms with Gasteiger partial charge in [-0.3, -0.25) is 4.98 Å². The third-order valence-electron chi connectivity index (χ3n) is 3.46. The third kappa shape index (κ3) is 2.28. The van der Waals surface area contributed by atoms with Gasteiger partial charge in [0.25, 0.3) is 0 Å². The maximum atomic E-state index is 13.8. The summed E-state index contributed by atoms with van der Waals surface area (Å²) in [5.74, 6) is -0.178. The van der Waals surface area contributed by atoms with Crippen LogP contribution in [0.1, 0.15) is 17.2 Å². The Balaban J connectivity index is 1.96. The Kier molecular flexibility index (Phi) is 3.43. The standard InChI is InChI=1S/C15H15FN4/c1-17-14(8-11-4-2-3-5-13(11)16)12-9-19-20-7-6-18-10-15(12)20/h2-7,9-10,14,17H,8H2,1H3. The molecule has 0 aliphatic carbocycles. The molecule has 0 radical (unpaired) electrons. The fourth-order valence-electron chi connectivity index (χ4n) is 2.37. The fraction of sp³-hybridized carbons (Fsp3) is 0.200.